The van der Waals surface area contributed by atoms with E-state index in [0.29, 0.717) is 22.9 Å². The molecular formula is C21H20FN3O3. The average molecular weight is 381 g/mol. The average Bonchev–Trinajstić information content (AvgIpc) is 2.73. The predicted molar refractivity (Wildman–Crippen MR) is 102 cm³/mol. The van der Waals surface area contributed by atoms with Gasteiger partial charge in [0.1, 0.15) is 23.6 Å². The fraction of sp³-hybridized carbons (Fsp3) is 0.190. The van der Waals surface area contributed by atoms with Crippen LogP contribution in [0.25, 0.3) is 11.3 Å². The van der Waals surface area contributed by atoms with Gasteiger partial charge in [-0.2, -0.15) is 0 Å². The van der Waals surface area contributed by atoms with E-state index < -0.39 is 6.10 Å². The van der Waals surface area contributed by atoms with E-state index in [1.54, 1.807) is 56.5 Å². The summed E-state index contributed by atoms with van der Waals surface area (Å²) < 4.78 is 23.8. The van der Waals surface area contributed by atoms with Gasteiger partial charge in [0, 0.05) is 5.56 Å². The largest absolute Gasteiger partial charge is 0.497 e. The van der Waals surface area contributed by atoms with E-state index in [-0.39, 0.29) is 18.3 Å². The molecule has 3 rings (SSSR count). The molecule has 0 spiro atoms. The molecule has 0 saturated heterocycles. The van der Waals surface area contributed by atoms with Crippen LogP contribution in [0.15, 0.2) is 60.9 Å². The standard InChI is InChI=1S/C21H20FN3O3/c1-14(28-19-9-7-18(27-2)8-10-19)21(26)23-12-17-11-20(25-13-24-17)15-3-5-16(22)6-4-15/h3-11,13-14H,12H2,1-2H3,(H,23,26). The Morgan fingerprint density at radius 3 is 2.43 bits per heavy atom. The van der Waals surface area contributed by atoms with Crippen molar-refractivity contribution in [2.75, 3.05) is 7.11 Å². The van der Waals surface area contributed by atoms with Gasteiger partial charge in [-0.25, -0.2) is 14.4 Å². The summed E-state index contributed by atoms with van der Waals surface area (Å²) >= 11 is 0. The third-order valence-corrected chi connectivity index (χ3v) is 4.05. The highest BCUT2D eigenvalue weighted by Crippen LogP contribution is 2.19. The SMILES string of the molecule is COc1ccc(OC(C)C(=O)NCc2cc(-c3ccc(F)cc3)ncn2)cc1. The minimum absolute atomic E-state index is 0.228. The Bertz CT molecular complexity index is 930. The van der Waals surface area contributed by atoms with E-state index in [1.165, 1.54) is 18.5 Å². The lowest BCUT2D eigenvalue weighted by Crippen LogP contribution is -2.36. The quantitative estimate of drug-likeness (QED) is 0.679. The van der Waals surface area contributed by atoms with Crippen LogP contribution in [-0.4, -0.2) is 29.1 Å². The number of methoxy groups -OCH3 is 1. The molecule has 7 heteroatoms. The number of rotatable bonds is 7. The number of nitrogens with one attached hydrogen (secondary N) is 1. The summed E-state index contributed by atoms with van der Waals surface area (Å²) in [6.07, 6.45) is 0.740. The van der Waals surface area contributed by atoms with Crippen LogP contribution in [-0.2, 0) is 11.3 Å². The minimum Gasteiger partial charge on any atom is -0.497 e. The zero-order valence-electron chi connectivity index (χ0n) is 15.6. The molecule has 2 aromatic carbocycles. The van der Waals surface area contributed by atoms with Crippen LogP contribution in [0.1, 0.15) is 12.6 Å². The summed E-state index contributed by atoms with van der Waals surface area (Å²) in [7, 11) is 1.58. The van der Waals surface area contributed by atoms with Gasteiger partial charge in [-0.15, -0.1) is 0 Å². The highest BCUT2D eigenvalue weighted by molar-refractivity contribution is 5.80. The Balaban J connectivity index is 1.57. The molecule has 0 saturated carbocycles. The van der Waals surface area contributed by atoms with Gasteiger partial charge in [-0.1, -0.05) is 0 Å². The molecule has 28 heavy (non-hydrogen) atoms. The van der Waals surface area contributed by atoms with Crippen LogP contribution in [0.3, 0.4) is 0 Å². The van der Waals surface area contributed by atoms with E-state index in [2.05, 4.69) is 15.3 Å². The summed E-state index contributed by atoms with van der Waals surface area (Å²) in [6, 6.07) is 14.8. The number of nitrogens with zero attached hydrogens (tertiary/aromatic N) is 2. The molecule has 1 aromatic heterocycles. The van der Waals surface area contributed by atoms with Crippen LogP contribution in [0.4, 0.5) is 4.39 Å². The summed E-state index contributed by atoms with van der Waals surface area (Å²) in [5, 5.41) is 2.79. The van der Waals surface area contributed by atoms with E-state index >= 15 is 0 Å². The van der Waals surface area contributed by atoms with Crippen LogP contribution >= 0.6 is 0 Å². The third kappa shape index (κ3) is 5.03. The van der Waals surface area contributed by atoms with Gasteiger partial charge in [-0.3, -0.25) is 4.79 Å². The molecule has 0 bridgehead atoms. The van der Waals surface area contributed by atoms with Gasteiger partial charge < -0.3 is 14.8 Å². The first-order chi connectivity index (χ1) is 13.5. The van der Waals surface area contributed by atoms with Gasteiger partial charge >= 0.3 is 0 Å². The molecule has 3 aromatic rings. The van der Waals surface area contributed by atoms with Crippen molar-refractivity contribution < 1.29 is 18.7 Å². The normalized spacial score (nSPS) is 11.5. The molecule has 1 unspecified atom stereocenters. The minimum atomic E-state index is -0.674. The van der Waals surface area contributed by atoms with E-state index in [1.807, 2.05) is 0 Å². The highest BCUT2D eigenvalue weighted by Gasteiger charge is 2.15. The Hall–Kier alpha value is -3.48. The van der Waals surface area contributed by atoms with Gasteiger partial charge in [0.05, 0.1) is 25.0 Å². The van der Waals surface area contributed by atoms with Crippen molar-refractivity contribution in [2.45, 2.75) is 19.6 Å². The first-order valence-corrected chi connectivity index (χ1v) is 8.70. The molecule has 0 aliphatic heterocycles. The first-order valence-electron chi connectivity index (χ1n) is 8.70. The molecule has 0 radical (unpaired) electrons. The number of hydrogen-bond acceptors (Lipinski definition) is 5. The molecule has 0 aliphatic rings. The fourth-order valence-corrected chi connectivity index (χ4v) is 2.51. The summed E-state index contributed by atoms with van der Waals surface area (Å²) in [5.41, 5.74) is 2.06. The van der Waals surface area contributed by atoms with Crippen molar-refractivity contribution in [3.63, 3.8) is 0 Å². The lowest BCUT2D eigenvalue weighted by atomic mass is 10.1. The van der Waals surface area contributed by atoms with Crippen molar-refractivity contribution in [1.29, 1.82) is 0 Å². The Morgan fingerprint density at radius 2 is 1.75 bits per heavy atom. The van der Waals surface area contributed by atoms with Gasteiger partial charge in [-0.05, 0) is 61.5 Å². The number of halogens is 1. The second kappa shape index (κ2) is 8.94. The molecule has 1 amide bonds. The smallest absolute Gasteiger partial charge is 0.261 e. The second-order valence-electron chi connectivity index (χ2n) is 6.05. The predicted octanol–water partition coefficient (Wildman–Crippen LogP) is 3.38. The Morgan fingerprint density at radius 1 is 1.07 bits per heavy atom. The van der Waals surface area contributed by atoms with E-state index in [9.17, 15) is 9.18 Å². The van der Waals surface area contributed by atoms with Crippen molar-refractivity contribution in [2.24, 2.45) is 0 Å². The first kappa shape index (κ1) is 19.3. The molecule has 144 valence electrons. The molecule has 6 nitrogen and oxygen atoms in total. The van der Waals surface area contributed by atoms with Gasteiger partial charge in [0.2, 0.25) is 0 Å². The number of hydrogen-bond donors (Lipinski definition) is 1. The van der Waals surface area contributed by atoms with Crippen molar-refractivity contribution in [1.82, 2.24) is 15.3 Å². The van der Waals surface area contributed by atoms with Crippen molar-refractivity contribution in [3.8, 4) is 22.8 Å². The van der Waals surface area contributed by atoms with Crippen LogP contribution < -0.4 is 14.8 Å². The fourth-order valence-electron chi connectivity index (χ4n) is 2.51. The maximum atomic E-state index is 13.1. The van der Waals surface area contributed by atoms with Crippen LogP contribution in [0.2, 0.25) is 0 Å². The second-order valence-corrected chi connectivity index (χ2v) is 6.05. The van der Waals surface area contributed by atoms with Crippen molar-refractivity contribution in [3.05, 3.63) is 72.4 Å². The molecule has 1 atom stereocenters. The van der Waals surface area contributed by atoms with Crippen LogP contribution in [0, 0.1) is 5.82 Å². The maximum absolute atomic E-state index is 13.1. The number of amides is 1. The van der Waals surface area contributed by atoms with E-state index in [4.69, 9.17) is 9.47 Å². The summed E-state index contributed by atoms with van der Waals surface area (Å²) in [6.45, 7) is 1.90. The number of carbonyl (C=O) groups is 1. The van der Waals surface area contributed by atoms with E-state index in [0.717, 1.165) is 5.56 Å². The monoisotopic (exact) mass is 381 g/mol. The molecule has 0 aliphatic carbocycles. The zero-order chi connectivity index (χ0) is 19.9. The zero-order valence-corrected chi connectivity index (χ0v) is 15.6. The number of aromatic nitrogens is 2. The third-order valence-electron chi connectivity index (χ3n) is 4.05. The highest BCUT2D eigenvalue weighted by atomic mass is 19.1. The number of carbonyl (C=O) groups excluding carboxylic acids is 1. The molecule has 0 fully saturated rings. The number of ether oxygens (including phenoxy) is 2. The lowest BCUT2D eigenvalue weighted by Gasteiger charge is -2.15. The Kier molecular flexibility index (Phi) is 6.16. The molecular weight excluding hydrogens is 361 g/mol. The van der Waals surface area contributed by atoms with Gasteiger partial charge in [0.15, 0.2) is 6.10 Å². The Labute approximate surface area is 162 Å². The van der Waals surface area contributed by atoms with Gasteiger partial charge in [0.25, 0.3) is 5.91 Å². The molecule has 1 heterocycles. The lowest BCUT2D eigenvalue weighted by molar-refractivity contribution is -0.127. The number of benzene rings is 2. The van der Waals surface area contributed by atoms with Crippen molar-refractivity contribution >= 4 is 5.91 Å². The topological polar surface area (TPSA) is 73.3 Å². The summed E-state index contributed by atoms with van der Waals surface area (Å²) in [5.74, 6) is 0.711. The summed E-state index contributed by atoms with van der Waals surface area (Å²) in [4.78, 5) is 20.6. The van der Waals surface area contributed by atoms with Crippen LogP contribution in [0.5, 0.6) is 11.5 Å². The molecule has 1 N–H and O–H groups in total. The maximum Gasteiger partial charge on any atom is 0.261 e.